The lowest BCUT2D eigenvalue weighted by Crippen LogP contribution is -2.39. The van der Waals surface area contributed by atoms with E-state index in [1.54, 1.807) is 40.5 Å². The number of anilines is 1. The molecule has 29 heavy (non-hydrogen) atoms. The average molecular weight is 428 g/mol. The summed E-state index contributed by atoms with van der Waals surface area (Å²) in [6.45, 7) is 3.75. The lowest BCUT2D eigenvalue weighted by Gasteiger charge is -2.22. The SMILES string of the molecule is CC(=O)c1ccc(NC(=O)N2CCCN(C(=O)c3cc4sccc4s3)CC2)cc1. The van der Waals surface area contributed by atoms with Crippen LogP contribution in [0.4, 0.5) is 10.5 Å². The monoisotopic (exact) mass is 427 g/mol. The van der Waals surface area contributed by atoms with Crippen LogP contribution in [0.25, 0.3) is 9.40 Å². The van der Waals surface area contributed by atoms with E-state index in [2.05, 4.69) is 5.32 Å². The Kier molecular flexibility index (Phi) is 5.64. The molecule has 4 rings (SSSR count). The van der Waals surface area contributed by atoms with Crippen LogP contribution in [0.15, 0.2) is 41.8 Å². The van der Waals surface area contributed by atoms with Crippen LogP contribution >= 0.6 is 22.7 Å². The van der Waals surface area contributed by atoms with Crippen LogP contribution in [-0.4, -0.2) is 53.7 Å². The number of urea groups is 1. The fourth-order valence-electron chi connectivity index (χ4n) is 3.34. The van der Waals surface area contributed by atoms with Crippen molar-refractivity contribution in [2.45, 2.75) is 13.3 Å². The van der Waals surface area contributed by atoms with Crippen molar-refractivity contribution in [3.63, 3.8) is 0 Å². The first-order valence-electron chi connectivity index (χ1n) is 9.44. The highest BCUT2D eigenvalue weighted by molar-refractivity contribution is 7.27. The lowest BCUT2D eigenvalue weighted by molar-refractivity contribution is 0.0767. The minimum atomic E-state index is -0.188. The van der Waals surface area contributed by atoms with Gasteiger partial charge in [0.05, 0.1) is 4.88 Å². The van der Waals surface area contributed by atoms with Gasteiger partial charge >= 0.3 is 6.03 Å². The Balaban J connectivity index is 1.36. The number of amides is 3. The molecule has 1 N–H and O–H groups in total. The van der Waals surface area contributed by atoms with Gasteiger partial charge in [0.25, 0.3) is 5.91 Å². The highest BCUT2D eigenvalue weighted by Gasteiger charge is 2.24. The van der Waals surface area contributed by atoms with E-state index < -0.39 is 0 Å². The van der Waals surface area contributed by atoms with Crippen molar-refractivity contribution in [1.29, 1.82) is 0 Å². The van der Waals surface area contributed by atoms with Gasteiger partial charge in [0, 0.05) is 46.8 Å². The van der Waals surface area contributed by atoms with Gasteiger partial charge in [-0.15, -0.1) is 22.7 Å². The molecule has 0 aliphatic carbocycles. The summed E-state index contributed by atoms with van der Waals surface area (Å²) in [5, 5.41) is 4.90. The summed E-state index contributed by atoms with van der Waals surface area (Å²) in [6.07, 6.45) is 0.738. The number of Topliss-reactive ketones (excluding diaryl/α,β-unsaturated/α-hetero) is 1. The van der Waals surface area contributed by atoms with Gasteiger partial charge in [-0.2, -0.15) is 0 Å². The van der Waals surface area contributed by atoms with Crippen molar-refractivity contribution < 1.29 is 14.4 Å². The maximum Gasteiger partial charge on any atom is 0.321 e. The number of thiophene rings is 2. The summed E-state index contributed by atoms with van der Waals surface area (Å²) in [6, 6.07) is 10.7. The van der Waals surface area contributed by atoms with Crippen LogP contribution in [-0.2, 0) is 0 Å². The number of nitrogens with zero attached hydrogens (tertiary/aromatic N) is 2. The molecule has 3 aromatic rings. The number of fused-ring (bicyclic) bond motifs is 1. The molecule has 150 valence electrons. The summed E-state index contributed by atoms with van der Waals surface area (Å²) >= 11 is 3.17. The predicted octanol–water partition coefficient (Wildman–Crippen LogP) is 4.55. The quantitative estimate of drug-likeness (QED) is 0.624. The zero-order valence-corrected chi connectivity index (χ0v) is 17.6. The minimum Gasteiger partial charge on any atom is -0.336 e. The Morgan fingerprint density at radius 2 is 1.66 bits per heavy atom. The van der Waals surface area contributed by atoms with Crippen molar-refractivity contribution in [3.8, 4) is 0 Å². The van der Waals surface area contributed by atoms with E-state index in [1.807, 2.05) is 22.4 Å². The highest BCUT2D eigenvalue weighted by atomic mass is 32.1. The number of ketones is 1. The van der Waals surface area contributed by atoms with Crippen molar-refractivity contribution >= 4 is 55.5 Å². The van der Waals surface area contributed by atoms with Crippen LogP contribution in [0.2, 0.25) is 0 Å². The fraction of sp³-hybridized carbons (Fsp3) is 0.286. The molecule has 1 aliphatic rings. The second-order valence-electron chi connectivity index (χ2n) is 6.96. The Labute approximate surface area is 176 Å². The number of rotatable bonds is 3. The van der Waals surface area contributed by atoms with Crippen LogP contribution in [0.1, 0.15) is 33.4 Å². The molecule has 8 heteroatoms. The van der Waals surface area contributed by atoms with Gasteiger partial charge < -0.3 is 15.1 Å². The summed E-state index contributed by atoms with van der Waals surface area (Å²) in [5.74, 6) is 0.0335. The third-order valence-corrected chi connectivity index (χ3v) is 7.04. The minimum absolute atomic E-state index is 0.00858. The van der Waals surface area contributed by atoms with Gasteiger partial charge in [0.2, 0.25) is 0 Å². The second-order valence-corrected chi connectivity index (χ2v) is 8.99. The van der Waals surface area contributed by atoms with Crippen LogP contribution in [0.5, 0.6) is 0 Å². The molecule has 1 aromatic carbocycles. The standard InChI is InChI=1S/C21H21N3O3S2/c1-14(25)15-3-5-16(6-4-15)22-21(27)24-9-2-8-23(10-11-24)20(26)19-13-18-17(29-19)7-12-28-18/h3-7,12-13H,2,8-11H2,1H3,(H,22,27). The van der Waals surface area contributed by atoms with E-state index in [4.69, 9.17) is 0 Å². The largest absolute Gasteiger partial charge is 0.336 e. The first-order chi connectivity index (χ1) is 14.0. The summed E-state index contributed by atoms with van der Waals surface area (Å²) in [5.41, 5.74) is 1.26. The van der Waals surface area contributed by atoms with Crippen LogP contribution in [0.3, 0.4) is 0 Å². The third-order valence-electron chi connectivity index (χ3n) is 4.96. The Hall–Kier alpha value is -2.71. The number of hydrogen-bond acceptors (Lipinski definition) is 5. The molecule has 0 bridgehead atoms. The van der Waals surface area contributed by atoms with Gasteiger partial charge in [0.1, 0.15) is 0 Å². The molecule has 0 radical (unpaired) electrons. The van der Waals surface area contributed by atoms with Crippen molar-refractivity contribution in [2.75, 3.05) is 31.5 Å². The smallest absolute Gasteiger partial charge is 0.321 e. The normalized spacial score (nSPS) is 14.7. The molecule has 3 heterocycles. The molecular formula is C21H21N3O3S2. The Morgan fingerprint density at radius 1 is 0.931 bits per heavy atom. The molecule has 3 amide bonds. The van der Waals surface area contributed by atoms with E-state index >= 15 is 0 Å². The molecule has 1 saturated heterocycles. The molecule has 0 atom stereocenters. The number of carbonyl (C=O) groups is 3. The second kappa shape index (κ2) is 8.34. The maximum absolute atomic E-state index is 12.9. The highest BCUT2D eigenvalue weighted by Crippen LogP contribution is 2.30. The van der Waals surface area contributed by atoms with Crippen LogP contribution in [0, 0.1) is 0 Å². The summed E-state index contributed by atoms with van der Waals surface area (Å²) in [4.78, 5) is 41.2. The van der Waals surface area contributed by atoms with Crippen molar-refractivity contribution in [3.05, 3.63) is 52.2 Å². The molecule has 1 fully saturated rings. The van der Waals surface area contributed by atoms with Gasteiger partial charge in [-0.3, -0.25) is 9.59 Å². The van der Waals surface area contributed by atoms with Gasteiger partial charge in [-0.1, -0.05) is 0 Å². The predicted molar refractivity (Wildman–Crippen MR) is 117 cm³/mol. The Morgan fingerprint density at radius 3 is 2.38 bits per heavy atom. The Bertz CT molecular complexity index is 1030. The van der Waals surface area contributed by atoms with Crippen molar-refractivity contribution in [1.82, 2.24) is 9.80 Å². The van der Waals surface area contributed by atoms with E-state index in [1.165, 1.54) is 18.3 Å². The zero-order valence-electron chi connectivity index (χ0n) is 16.0. The fourth-order valence-corrected chi connectivity index (χ4v) is 5.42. The molecule has 2 aromatic heterocycles. The van der Waals surface area contributed by atoms with E-state index in [0.29, 0.717) is 37.4 Å². The lowest BCUT2D eigenvalue weighted by atomic mass is 10.1. The first kappa shape index (κ1) is 19.6. The number of nitrogens with one attached hydrogen (secondary N) is 1. The average Bonchev–Trinajstić information content (AvgIpc) is 3.22. The van der Waals surface area contributed by atoms with Gasteiger partial charge in [0.15, 0.2) is 5.78 Å². The molecular weight excluding hydrogens is 406 g/mol. The van der Waals surface area contributed by atoms with E-state index in [0.717, 1.165) is 20.7 Å². The summed E-state index contributed by atoms with van der Waals surface area (Å²) < 4.78 is 2.29. The molecule has 0 saturated carbocycles. The van der Waals surface area contributed by atoms with Gasteiger partial charge in [-0.25, -0.2) is 4.79 Å². The van der Waals surface area contributed by atoms with Crippen LogP contribution < -0.4 is 5.32 Å². The molecule has 6 nitrogen and oxygen atoms in total. The molecule has 0 unspecified atom stereocenters. The number of carbonyl (C=O) groups excluding carboxylic acids is 3. The molecule has 1 aliphatic heterocycles. The van der Waals surface area contributed by atoms with Gasteiger partial charge in [-0.05, 0) is 55.1 Å². The van der Waals surface area contributed by atoms with Crippen molar-refractivity contribution in [2.24, 2.45) is 0 Å². The number of benzene rings is 1. The third kappa shape index (κ3) is 4.33. The summed E-state index contributed by atoms with van der Waals surface area (Å²) in [7, 11) is 0. The van der Waals surface area contributed by atoms with E-state index in [-0.39, 0.29) is 17.7 Å². The topological polar surface area (TPSA) is 69.7 Å². The first-order valence-corrected chi connectivity index (χ1v) is 11.1. The zero-order chi connectivity index (χ0) is 20.4. The van der Waals surface area contributed by atoms with E-state index in [9.17, 15) is 14.4 Å². The number of hydrogen-bond donors (Lipinski definition) is 1. The molecule has 0 spiro atoms. The maximum atomic E-state index is 12.9.